The summed E-state index contributed by atoms with van der Waals surface area (Å²) in [7, 11) is 0. The number of hydrogen-bond donors (Lipinski definition) is 1. The summed E-state index contributed by atoms with van der Waals surface area (Å²) in [5.41, 5.74) is 0. The summed E-state index contributed by atoms with van der Waals surface area (Å²) >= 11 is 0. The second-order valence-electron chi connectivity index (χ2n) is 2.60. The number of carboxylic acids is 1. The summed E-state index contributed by atoms with van der Waals surface area (Å²) < 4.78 is 10.3. The summed E-state index contributed by atoms with van der Waals surface area (Å²) in [6.07, 6.45) is -0.196. The number of furan rings is 1. The molecule has 0 aliphatic rings. The van der Waals surface area contributed by atoms with Crippen LogP contribution in [0.25, 0.3) is 0 Å². The summed E-state index contributed by atoms with van der Waals surface area (Å²) in [5, 5.41) is 8.58. The van der Waals surface area contributed by atoms with Crippen molar-refractivity contribution in [2.75, 3.05) is 6.61 Å². The molecule has 0 saturated carbocycles. The number of carboxylic acid groups (broad SMARTS) is 1. The van der Waals surface area contributed by atoms with E-state index in [0.717, 1.165) is 0 Å². The monoisotopic (exact) mass is 184 g/mol. The molecule has 1 rings (SSSR count). The Morgan fingerprint density at radius 3 is 2.85 bits per heavy atom. The van der Waals surface area contributed by atoms with E-state index >= 15 is 0 Å². The van der Waals surface area contributed by atoms with E-state index < -0.39 is 5.97 Å². The molecule has 0 aliphatic heterocycles. The summed E-state index contributed by atoms with van der Waals surface area (Å²) in [6, 6.07) is 3.04. The smallest absolute Gasteiger partial charge is 0.371 e. The van der Waals surface area contributed by atoms with Crippen LogP contribution in [0.4, 0.5) is 0 Å². The molecule has 72 valence electrons. The Labute approximate surface area is 76.1 Å². The van der Waals surface area contributed by atoms with E-state index in [2.05, 4.69) is 0 Å². The van der Waals surface area contributed by atoms with Gasteiger partial charge in [-0.15, -0.1) is 0 Å². The zero-order valence-corrected chi connectivity index (χ0v) is 7.61. The minimum Gasteiger partial charge on any atom is -0.475 e. The molecule has 1 atom stereocenters. The van der Waals surface area contributed by atoms with Crippen LogP contribution in [0.3, 0.4) is 0 Å². The van der Waals surface area contributed by atoms with Crippen molar-refractivity contribution < 1.29 is 19.1 Å². The highest BCUT2D eigenvalue weighted by Crippen LogP contribution is 2.19. The van der Waals surface area contributed by atoms with Crippen molar-refractivity contribution in [3.05, 3.63) is 23.7 Å². The van der Waals surface area contributed by atoms with Gasteiger partial charge in [0.2, 0.25) is 5.76 Å². The predicted molar refractivity (Wildman–Crippen MR) is 45.7 cm³/mol. The third kappa shape index (κ3) is 2.32. The SMILES string of the molecule is CCOC(C)c1ccc(C(=O)O)o1. The van der Waals surface area contributed by atoms with Gasteiger partial charge in [-0.3, -0.25) is 0 Å². The van der Waals surface area contributed by atoms with Gasteiger partial charge in [0.05, 0.1) is 0 Å². The van der Waals surface area contributed by atoms with Gasteiger partial charge in [0, 0.05) is 6.61 Å². The van der Waals surface area contributed by atoms with Crippen molar-refractivity contribution in [1.29, 1.82) is 0 Å². The number of aromatic carboxylic acids is 1. The van der Waals surface area contributed by atoms with E-state index in [0.29, 0.717) is 12.4 Å². The Bertz CT molecular complexity index is 290. The fourth-order valence-corrected chi connectivity index (χ4v) is 1.02. The third-order valence-corrected chi connectivity index (χ3v) is 1.65. The van der Waals surface area contributed by atoms with Crippen molar-refractivity contribution in [1.82, 2.24) is 0 Å². The Hall–Kier alpha value is -1.29. The van der Waals surface area contributed by atoms with Gasteiger partial charge in [0.1, 0.15) is 11.9 Å². The molecule has 4 heteroatoms. The van der Waals surface area contributed by atoms with Crippen LogP contribution >= 0.6 is 0 Å². The molecule has 0 bridgehead atoms. The lowest BCUT2D eigenvalue weighted by Gasteiger charge is -2.07. The van der Waals surface area contributed by atoms with Gasteiger partial charge in [-0.25, -0.2) is 4.79 Å². The van der Waals surface area contributed by atoms with E-state index in [9.17, 15) is 4.79 Å². The maximum absolute atomic E-state index is 10.5. The highest BCUT2D eigenvalue weighted by Gasteiger charge is 2.13. The van der Waals surface area contributed by atoms with Crippen LogP contribution < -0.4 is 0 Å². The first-order valence-corrected chi connectivity index (χ1v) is 4.09. The molecule has 0 radical (unpaired) electrons. The summed E-state index contributed by atoms with van der Waals surface area (Å²) in [6.45, 7) is 4.26. The van der Waals surface area contributed by atoms with Gasteiger partial charge in [-0.2, -0.15) is 0 Å². The molecule has 1 N–H and O–H groups in total. The van der Waals surface area contributed by atoms with E-state index in [-0.39, 0.29) is 11.9 Å². The maximum atomic E-state index is 10.5. The molecule has 0 aliphatic carbocycles. The van der Waals surface area contributed by atoms with Crippen molar-refractivity contribution in [3.8, 4) is 0 Å². The van der Waals surface area contributed by atoms with E-state index in [1.165, 1.54) is 6.07 Å². The molecule has 0 aromatic carbocycles. The first-order valence-electron chi connectivity index (χ1n) is 4.09. The lowest BCUT2D eigenvalue weighted by molar-refractivity contribution is 0.0545. The zero-order valence-electron chi connectivity index (χ0n) is 7.61. The zero-order chi connectivity index (χ0) is 9.84. The average Bonchev–Trinajstić information content (AvgIpc) is 2.52. The van der Waals surface area contributed by atoms with Crippen molar-refractivity contribution in [2.45, 2.75) is 20.0 Å². The topological polar surface area (TPSA) is 59.7 Å². The van der Waals surface area contributed by atoms with E-state index in [1.807, 2.05) is 13.8 Å². The van der Waals surface area contributed by atoms with Crippen molar-refractivity contribution in [2.24, 2.45) is 0 Å². The molecule has 1 aromatic heterocycles. The molecule has 4 nitrogen and oxygen atoms in total. The van der Waals surface area contributed by atoms with Gasteiger partial charge in [-0.05, 0) is 26.0 Å². The summed E-state index contributed by atoms with van der Waals surface area (Å²) in [5.74, 6) is -0.573. The van der Waals surface area contributed by atoms with Crippen LogP contribution in [-0.2, 0) is 4.74 Å². The molecule has 0 spiro atoms. The third-order valence-electron chi connectivity index (χ3n) is 1.65. The first kappa shape index (κ1) is 9.80. The van der Waals surface area contributed by atoms with Crippen LogP contribution in [0, 0.1) is 0 Å². The predicted octanol–water partition coefficient (Wildman–Crippen LogP) is 2.08. The lowest BCUT2D eigenvalue weighted by atomic mass is 10.3. The van der Waals surface area contributed by atoms with E-state index in [4.69, 9.17) is 14.3 Å². The van der Waals surface area contributed by atoms with Crippen molar-refractivity contribution >= 4 is 5.97 Å². The Balaban J connectivity index is 2.73. The highest BCUT2D eigenvalue weighted by atomic mass is 16.5. The quantitative estimate of drug-likeness (QED) is 0.778. The highest BCUT2D eigenvalue weighted by molar-refractivity contribution is 5.84. The second kappa shape index (κ2) is 4.09. The fraction of sp³-hybridized carbons (Fsp3) is 0.444. The number of carbonyl (C=O) groups is 1. The minimum absolute atomic E-state index is 0.0541. The summed E-state index contributed by atoms with van der Waals surface area (Å²) in [4.78, 5) is 10.5. The molecular weight excluding hydrogens is 172 g/mol. The molecule has 1 unspecified atom stereocenters. The Kier molecular flexibility index (Phi) is 3.08. The molecular formula is C9H12O4. The number of rotatable bonds is 4. The second-order valence-corrected chi connectivity index (χ2v) is 2.60. The molecule has 1 heterocycles. The molecule has 0 amide bonds. The molecule has 13 heavy (non-hydrogen) atoms. The van der Waals surface area contributed by atoms with Crippen molar-refractivity contribution in [3.63, 3.8) is 0 Å². The first-order chi connectivity index (χ1) is 6.15. The average molecular weight is 184 g/mol. The number of hydrogen-bond acceptors (Lipinski definition) is 3. The van der Waals surface area contributed by atoms with Gasteiger partial charge in [0.15, 0.2) is 0 Å². The van der Waals surface area contributed by atoms with Crippen LogP contribution in [0.15, 0.2) is 16.5 Å². The van der Waals surface area contributed by atoms with Crippen LogP contribution in [-0.4, -0.2) is 17.7 Å². The van der Waals surface area contributed by atoms with Crippen LogP contribution in [0.2, 0.25) is 0 Å². The largest absolute Gasteiger partial charge is 0.475 e. The lowest BCUT2D eigenvalue weighted by Crippen LogP contribution is -1.98. The van der Waals surface area contributed by atoms with Gasteiger partial charge >= 0.3 is 5.97 Å². The van der Waals surface area contributed by atoms with Gasteiger partial charge in [-0.1, -0.05) is 0 Å². The standard InChI is InChI=1S/C9H12O4/c1-3-12-6(2)7-4-5-8(13-7)9(10)11/h4-6H,3H2,1-2H3,(H,10,11). The minimum atomic E-state index is -1.06. The molecule has 0 saturated heterocycles. The Morgan fingerprint density at radius 2 is 2.38 bits per heavy atom. The van der Waals surface area contributed by atoms with Crippen LogP contribution in [0.1, 0.15) is 36.3 Å². The Morgan fingerprint density at radius 1 is 1.69 bits per heavy atom. The van der Waals surface area contributed by atoms with Gasteiger partial charge in [0.25, 0.3) is 0 Å². The van der Waals surface area contributed by atoms with Crippen LogP contribution in [0.5, 0.6) is 0 Å². The maximum Gasteiger partial charge on any atom is 0.371 e. The molecule has 1 aromatic rings. The van der Waals surface area contributed by atoms with E-state index in [1.54, 1.807) is 6.07 Å². The fourth-order valence-electron chi connectivity index (χ4n) is 1.02. The number of ether oxygens (including phenoxy) is 1. The molecule has 0 fully saturated rings. The normalized spacial score (nSPS) is 12.8. The van der Waals surface area contributed by atoms with Gasteiger partial charge < -0.3 is 14.3 Å².